The molecule has 2 atom stereocenters. The van der Waals surface area contributed by atoms with Crippen LogP contribution in [0.15, 0.2) is 47.7 Å². The lowest BCUT2D eigenvalue weighted by atomic mass is 10.0. The average molecular weight is 518 g/mol. The normalized spacial score (nSPS) is 19.8. The summed E-state index contributed by atoms with van der Waals surface area (Å²) in [5.74, 6) is 3.70. The molecule has 192 valence electrons. The average Bonchev–Trinajstić information content (AvgIpc) is 3.26. The number of nitrogens with one attached hydrogen (secondary N) is 2. The van der Waals surface area contributed by atoms with Gasteiger partial charge in [-0.1, -0.05) is 30.7 Å². The van der Waals surface area contributed by atoms with E-state index in [-0.39, 0.29) is 5.56 Å². The van der Waals surface area contributed by atoms with E-state index in [1.807, 2.05) is 39.0 Å². The number of nitrogens with zero attached hydrogens (tertiary/aromatic N) is 5. The number of aryl methyl sites for hydroxylation is 2. The first-order chi connectivity index (χ1) is 17.9. The van der Waals surface area contributed by atoms with Crippen LogP contribution in [0.3, 0.4) is 0 Å². The molecule has 1 saturated carbocycles. The van der Waals surface area contributed by atoms with Gasteiger partial charge < -0.3 is 10.6 Å². The lowest BCUT2D eigenvalue weighted by Crippen LogP contribution is -2.22. The Hall–Kier alpha value is -3.36. The van der Waals surface area contributed by atoms with Crippen molar-refractivity contribution in [2.24, 2.45) is 17.8 Å². The van der Waals surface area contributed by atoms with Crippen LogP contribution in [-0.4, -0.2) is 44.1 Å². The topological polar surface area (TPSA) is 97.6 Å². The van der Waals surface area contributed by atoms with Crippen molar-refractivity contribution in [1.82, 2.24) is 29.8 Å². The molecule has 0 bridgehead atoms. The van der Waals surface area contributed by atoms with Gasteiger partial charge >= 0.3 is 0 Å². The molecule has 0 radical (unpaired) electrons. The Morgan fingerprint density at radius 2 is 1.86 bits per heavy atom. The maximum absolute atomic E-state index is 13.2. The number of benzene rings is 1. The summed E-state index contributed by atoms with van der Waals surface area (Å²) >= 11 is 6.60. The number of pyridine rings is 1. The molecule has 1 aliphatic carbocycles. The summed E-state index contributed by atoms with van der Waals surface area (Å²) < 4.78 is 1.64. The van der Waals surface area contributed by atoms with Crippen molar-refractivity contribution in [2.75, 3.05) is 25.0 Å². The number of hydrogen-bond acceptors (Lipinski definition) is 7. The highest BCUT2D eigenvalue weighted by Crippen LogP contribution is 2.47. The van der Waals surface area contributed by atoms with E-state index in [0.29, 0.717) is 40.8 Å². The summed E-state index contributed by atoms with van der Waals surface area (Å²) in [4.78, 5) is 30.8. The van der Waals surface area contributed by atoms with Gasteiger partial charge in [-0.15, -0.1) is 0 Å². The van der Waals surface area contributed by atoms with Crippen molar-refractivity contribution in [1.29, 1.82) is 0 Å². The SMILES string of the molecule is CC1C2CNCC12.CCNc1ncc2cc(-c3ccc(-c4cncc(C)n4)cc3Cl)c(=O)n(CC)c2n1. The van der Waals surface area contributed by atoms with Crippen LogP contribution < -0.4 is 16.2 Å². The molecule has 1 saturated heterocycles. The van der Waals surface area contributed by atoms with Gasteiger partial charge in [-0.3, -0.25) is 14.3 Å². The fraction of sp³-hybridized carbons (Fsp3) is 0.393. The van der Waals surface area contributed by atoms with E-state index >= 15 is 0 Å². The minimum absolute atomic E-state index is 0.142. The van der Waals surface area contributed by atoms with Crippen molar-refractivity contribution >= 4 is 28.6 Å². The third kappa shape index (κ3) is 5.08. The van der Waals surface area contributed by atoms with Crippen LogP contribution in [0.25, 0.3) is 33.4 Å². The van der Waals surface area contributed by atoms with Crippen molar-refractivity contribution in [3.8, 4) is 22.4 Å². The first-order valence-electron chi connectivity index (χ1n) is 12.8. The Morgan fingerprint density at radius 3 is 2.49 bits per heavy atom. The second-order valence-corrected chi connectivity index (χ2v) is 10.1. The van der Waals surface area contributed by atoms with Crippen LogP contribution in [0.2, 0.25) is 5.02 Å². The lowest BCUT2D eigenvalue weighted by molar-refractivity contribution is 0.634. The molecule has 2 aliphatic rings. The summed E-state index contributed by atoms with van der Waals surface area (Å²) in [6, 6.07) is 7.35. The first-order valence-corrected chi connectivity index (χ1v) is 13.2. The van der Waals surface area contributed by atoms with Gasteiger partial charge in [0.05, 0.1) is 17.6 Å². The molecule has 2 N–H and O–H groups in total. The van der Waals surface area contributed by atoms with Gasteiger partial charge in [0.15, 0.2) is 0 Å². The molecule has 1 aliphatic heterocycles. The van der Waals surface area contributed by atoms with Crippen molar-refractivity contribution in [2.45, 2.75) is 34.2 Å². The van der Waals surface area contributed by atoms with E-state index in [9.17, 15) is 4.79 Å². The number of hydrogen-bond donors (Lipinski definition) is 2. The standard InChI is InChI=1S/C22H21ClN6O.C6H11N/c1-4-25-22-26-11-15-8-17(21(30)29(5-2)20(15)28-22)16-7-6-14(9-18(16)23)19-12-24-10-13(3)27-19;1-4-5-2-7-3-6(4)5/h6-12H,4-5H2,1-3H3,(H,25,26,28);4-7H,2-3H2,1H3. The van der Waals surface area contributed by atoms with Crippen molar-refractivity contribution < 1.29 is 0 Å². The number of piperidine rings is 1. The molecule has 4 heterocycles. The van der Waals surface area contributed by atoms with Gasteiger partial charge in [0.1, 0.15) is 5.65 Å². The zero-order valence-electron chi connectivity index (χ0n) is 21.6. The Kier molecular flexibility index (Phi) is 7.22. The van der Waals surface area contributed by atoms with Gasteiger partial charge in [-0.2, -0.15) is 4.98 Å². The minimum atomic E-state index is -0.142. The van der Waals surface area contributed by atoms with Gasteiger partial charge in [0.2, 0.25) is 5.95 Å². The molecule has 2 fully saturated rings. The Balaban J connectivity index is 0.000000340. The molecular weight excluding hydrogens is 486 g/mol. The highest BCUT2D eigenvalue weighted by atomic mass is 35.5. The molecule has 0 spiro atoms. The zero-order valence-corrected chi connectivity index (χ0v) is 22.4. The first kappa shape index (κ1) is 25.3. The molecule has 4 aromatic rings. The smallest absolute Gasteiger partial charge is 0.260 e. The predicted octanol–water partition coefficient (Wildman–Crippen LogP) is 4.80. The van der Waals surface area contributed by atoms with Crippen LogP contribution in [0.4, 0.5) is 5.95 Å². The van der Waals surface area contributed by atoms with E-state index in [0.717, 1.165) is 40.1 Å². The largest absolute Gasteiger partial charge is 0.354 e. The zero-order chi connectivity index (χ0) is 26.1. The van der Waals surface area contributed by atoms with Crippen LogP contribution in [0, 0.1) is 24.7 Å². The summed E-state index contributed by atoms with van der Waals surface area (Å²) in [5.41, 5.74) is 4.02. The number of rotatable bonds is 5. The summed E-state index contributed by atoms with van der Waals surface area (Å²) in [6.07, 6.45) is 5.11. The van der Waals surface area contributed by atoms with Gasteiger partial charge in [-0.05, 0) is 63.7 Å². The Bertz CT molecular complexity index is 1490. The highest BCUT2D eigenvalue weighted by molar-refractivity contribution is 6.33. The molecule has 3 aromatic heterocycles. The summed E-state index contributed by atoms with van der Waals surface area (Å²) in [7, 11) is 0. The van der Waals surface area contributed by atoms with Crippen LogP contribution in [-0.2, 0) is 6.54 Å². The van der Waals surface area contributed by atoms with Gasteiger partial charge in [-0.25, -0.2) is 9.97 Å². The lowest BCUT2D eigenvalue weighted by Gasteiger charge is -2.13. The van der Waals surface area contributed by atoms with Gasteiger partial charge in [0, 0.05) is 52.6 Å². The third-order valence-electron chi connectivity index (χ3n) is 7.31. The molecule has 1 aromatic carbocycles. The monoisotopic (exact) mass is 517 g/mol. The van der Waals surface area contributed by atoms with Crippen LogP contribution in [0.1, 0.15) is 26.5 Å². The number of anilines is 1. The van der Waals surface area contributed by atoms with Gasteiger partial charge in [0.25, 0.3) is 5.56 Å². The van der Waals surface area contributed by atoms with E-state index in [4.69, 9.17) is 11.6 Å². The van der Waals surface area contributed by atoms with E-state index in [1.54, 1.807) is 29.2 Å². The minimum Gasteiger partial charge on any atom is -0.354 e. The Labute approximate surface area is 221 Å². The van der Waals surface area contributed by atoms with Crippen LogP contribution in [0.5, 0.6) is 0 Å². The summed E-state index contributed by atoms with van der Waals surface area (Å²) in [5, 5.41) is 7.68. The molecule has 6 rings (SSSR count). The predicted molar refractivity (Wildman–Crippen MR) is 149 cm³/mol. The van der Waals surface area contributed by atoms with E-state index in [2.05, 4.69) is 37.5 Å². The number of halogens is 1. The third-order valence-corrected chi connectivity index (χ3v) is 7.62. The molecule has 9 heteroatoms. The van der Waals surface area contributed by atoms with Crippen LogP contribution >= 0.6 is 11.6 Å². The van der Waals surface area contributed by atoms with Crippen molar-refractivity contribution in [3.63, 3.8) is 0 Å². The second kappa shape index (κ2) is 10.6. The molecule has 37 heavy (non-hydrogen) atoms. The molecular formula is C28H32ClN7O. The maximum atomic E-state index is 13.2. The fourth-order valence-corrected chi connectivity index (χ4v) is 5.39. The Morgan fingerprint density at radius 1 is 1.08 bits per heavy atom. The quantitative estimate of drug-likeness (QED) is 0.392. The van der Waals surface area contributed by atoms with E-state index in [1.165, 1.54) is 13.1 Å². The molecule has 8 nitrogen and oxygen atoms in total. The fourth-order valence-electron chi connectivity index (χ4n) is 5.11. The molecule has 0 amide bonds. The second-order valence-electron chi connectivity index (χ2n) is 9.70. The molecule has 2 unspecified atom stereocenters. The van der Waals surface area contributed by atoms with E-state index < -0.39 is 0 Å². The van der Waals surface area contributed by atoms with Crippen molar-refractivity contribution in [3.05, 3.63) is 63.9 Å². The number of aromatic nitrogens is 5. The highest BCUT2D eigenvalue weighted by Gasteiger charge is 2.49. The number of fused-ring (bicyclic) bond motifs is 2. The summed E-state index contributed by atoms with van der Waals surface area (Å²) in [6.45, 7) is 11.9. The maximum Gasteiger partial charge on any atom is 0.260 e.